The fourth-order valence-electron chi connectivity index (χ4n) is 1.55. The van der Waals surface area contributed by atoms with Gasteiger partial charge in [0.05, 0.1) is 4.92 Å². The lowest BCUT2D eigenvalue weighted by Crippen LogP contribution is -2.41. The minimum Gasteiger partial charge on any atom is -0.480 e. The second kappa shape index (κ2) is 7.84. The van der Waals surface area contributed by atoms with Crippen molar-refractivity contribution in [3.05, 3.63) is 38.9 Å². The Morgan fingerprint density at radius 3 is 2.67 bits per heavy atom. The predicted octanol–water partition coefficient (Wildman–Crippen LogP) is 2.18. The lowest BCUT2D eigenvalue weighted by atomic mass is 10.1. The number of hydrogen-bond donors (Lipinski definition) is 2. The van der Waals surface area contributed by atoms with Gasteiger partial charge in [-0.1, -0.05) is 11.6 Å². The van der Waals surface area contributed by atoms with Crippen LogP contribution >= 0.6 is 23.4 Å². The molecule has 0 saturated carbocycles. The van der Waals surface area contributed by atoms with Crippen molar-refractivity contribution in [3.63, 3.8) is 0 Å². The molecule has 0 heterocycles. The van der Waals surface area contributed by atoms with Gasteiger partial charge in [0.1, 0.15) is 6.04 Å². The van der Waals surface area contributed by atoms with Crippen molar-refractivity contribution in [2.24, 2.45) is 0 Å². The summed E-state index contributed by atoms with van der Waals surface area (Å²) in [6.07, 6.45) is 2.08. The first-order valence-corrected chi connectivity index (χ1v) is 7.60. The second-order valence-corrected chi connectivity index (χ2v) is 5.52. The third-order valence-corrected chi connectivity index (χ3v) is 3.43. The number of benzene rings is 1. The van der Waals surface area contributed by atoms with E-state index in [1.807, 2.05) is 6.26 Å². The van der Waals surface area contributed by atoms with Gasteiger partial charge in [0.15, 0.2) is 0 Å². The average Bonchev–Trinajstić information content (AvgIpc) is 2.42. The molecule has 21 heavy (non-hydrogen) atoms. The number of carboxylic acids is 1. The number of nitro groups is 1. The van der Waals surface area contributed by atoms with Crippen LogP contribution in [-0.4, -0.2) is 40.0 Å². The van der Waals surface area contributed by atoms with E-state index in [1.54, 1.807) is 0 Å². The molecule has 0 radical (unpaired) electrons. The molecule has 7 nitrogen and oxygen atoms in total. The van der Waals surface area contributed by atoms with E-state index in [1.165, 1.54) is 17.8 Å². The Bertz CT molecular complexity index is 567. The van der Waals surface area contributed by atoms with Gasteiger partial charge in [0.25, 0.3) is 11.6 Å². The number of aliphatic carboxylic acids is 1. The minimum absolute atomic E-state index is 0.0327. The molecule has 0 bridgehead atoms. The SMILES string of the molecule is CSCC[C@@H](NC(=O)c1cc(Cl)cc([N+](=O)[O-])c1)C(=O)O. The quantitative estimate of drug-likeness (QED) is 0.585. The maximum atomic E-state index is 12.0. The molecule has 0 fully saturated rings. The maximum absolute atomic E-state index is 12.0. The van der Waals surface area contributed by atoms with Crippen LogP contribution in [0, 0.1) is 10.1 Å². The van der Waals surface area contributed by atoms with E-state index in [-0.39, 0.29) is 22.7 Å². The summed E-state index contributed by atoms with van der Waals surface area (Å²) in [7, 11) is 0. The zero-order valence-corrected chi connectivity index (χ0v) is 12.6. The summed E-state index contributed by atoms with van der Waals surface area (Å²) >= 11 is 7.17. The highest BCUT2D eigenvalue weighted by Crippen LogP contribution is 2.21. The van der Waals surface area contributed by atoms with Gasteiger partial charge in [-0.25, -0.2) is 4.79 Å². The highest BCUT2D eigenvalue weighted by atomic mass is 35.5. The van der Waals surface area contributed by atoms with Gasteiger partial charge >= 0.3 is 5.97 Å². The first kappa shape index (κ1) is 17.3. The number of carboxylic acid groups (broad SMARTS) is 1. The molecule has 9 heteroatoms. The van der Waals surface area contributed by atoms with E-state index >= 15 is 0 Å². The summed E-state index contributed by atoms with van der Waals surface area (Å²) in [5.41, 5.74) is -0.381. The van der Waals surface area contributed by atoms with Crippen LogP contribution in [0.5, 0.6) is 0 Å². The largest absolute Gasteiger partial charge is 0.480 e. The van der Waals surface area contributed by atoms with Crippen LogP contribution in [0.1, 0.15) is 16.8 Å². The van der Waals surface area contributed by atoms with Crippen LogP contribution in [0.25, 0.3) is 0 Å². The van der Waals surface area contributed by atoms with E-state index < -0.39 is 22.8 Å². The molecule has 0 aliphatic rings. The Morgan fingerprint density at radius 2 is 2.14 bits per heavy atom. The predicted molar refractivity (Wildman–Crippen MR) is 80.0 cm³/mol. The van der Waals surface area contributed by atoms with Gasteiger partial charge in [0.2, 0.25) is 0 Å². The molecule has 1 atom stereocenters. The molecule has 2 N–H and O–H groups in total. The number of amides is 1. The Labute approximate surface area is 129 Å². The summed E-state index contributed by atoms with van der Waals surface area (Å²) in [5, 5.41) is 22.1. The number of nitrogens with zero attached hydrogens (tertiary/aromatic N) is 1. The number of halogens is 1. The first-order valence-electron chi connectivity index (χ1n) is 5.82. The van der Waals surface area contributed by atoms with Crippen LogP contribution in [0.4, 0.5) is 5.69 Å². The van der Waals surface area contributed by atoms with Crippen LogP contribution in [0.15, 0.2) is 18.2 Å². The molecule has 0 aliphatic carbocycles. The Morgan fingerprint density at radius 1 is 1.48 bits per heavy atom. The van der Waals surface area contributed by atoms with Crippen molar-refractivity contribution in [2.75, 3.05) is 12.0 Å². The summed E-state index contributed by atoms with van der Waals surface area (Å²) in [6.45, 7) is 0. The number of non-ortho nitro benzene ring substituents is 1. The number of carbonyl (C=O) groups is 2. The summed E-state index contributed by atoms with van der Waals surface area (Å²) < 4.78 is 0. The van der Waals surface area contributed by atoms with E-state index in [9.17, 15) is 19.7 Å². The fourth-order valence-corrected chi connectivity index (χ4v) is 2.25. The average molecular weight is 333 g/mol. The molecule has 0 aliphatic heterocycles. The van der Waals surface area contributed by atoms with Gasteiger partial charge in [-0.3, -0.25) is 14.9 Å². The van der Waals surface area contributed by atoms with Crippen molar-refractivity contribution >= 4 is 40.9 Å². The summed E-state index contributed by atoms with van der Waals surface area (Å²) in [4.78, 5) is 33.1. The molecule has 0 spiro atoms. The van der Waals surface area contributed by atoms with Crippen molar-refractivity contribution in [1.29, 1.82) is 0 Å². The summed E-state index contributed by atoms with van der Waals surface area (Å²) in [5.74, 6) is -1.31. The van der Waals surface area contributed by atoms with Gasteiger partial charge in [-0.2, -0.15) is 11.8 Å². The monoisotopic (exact) mass is 332 g/mol. The molecule has 1 aromatic rings. The molecule has 1 amide bonds. The standard InChI is InChI=1S/C12H13ClN2O5S/c1-21-3-2-10(12(17)18)14-11(16)7-4-8(13)6-9(5-7)15(19)20/h4-6,10H,2-3H2,1H3,(H,14,16)(H,17,18)/t10-/m1/s1. The molecule has 0 unspecified atom stereocenters. The van der Waals surface area contributed by atoms with E-state index in [0.717, 1.165) is 12.1 Å². The molecule has 0 aromatic heterocycles. The normalized spacial score (nSPS) is 11.7. The molecule has 114 valence electrons. The number of nitrogens with one attached hydrogen (secondary N) is 1. The van der Waals surface area contributed by atoms with Crippen molar-refractivity contribution in [1.82, 2.24) is 5.32 Å². The van der Waals surface area contributed by atoms with Gasteiger partial charge < -0.3 is 10.4 Å². The van der Waals surface area contributed by atoms with Crippen molar-refractivity contribution < 1.29 is 19.6 Å². The van der Waals surface area contributed by atoms with Gasteiger partial charge in [0, 0.05) is 22.7 Å². The lowest BCUT2D eigenvalue weighted by molar-refractivity contribution is -0.384. The van der Waals surface area contributed by atoms with E-state index in [0.29, 0.717) is 5.75 Å². The maximum Gasteiger partial charge on any atom is 0.326 e. The Hall–Kier alpha value is -1.80. The molecule has 0 saturated heterocycles. The van der Waals surface area contributed by atoms with Gasteiger partial charge in [-0.05, 0) is 24.5 Å². The molecular formula is C12H13ClN2O5S. The third-order valence-electron chi connectivity index (χ3n) is 2.57. The zero-order valence-electron chi connectivity index (χ0n) is 11.0. The van der Waals surface area contributed by atoms with Crippen molar-refractivity contribution in [3.8, 4) is 0 Å². The highest BCUT2D eigenvalue weighted by Gasteiger charge is 2.21. The van der Waals surface area contributed by atoms with Crippen LogP contribution < -0.4 is 5.32 Å². The number of hydrogen-bond acceptors (Lipinski definition) is 5. The minimum atomic E-state index is -1.16. The third kappa shape index (κ3) is 5.24. The van der Waals surface area contributed by atoms with E-state index in [4.69, 9.17) is 16.7 Å². The summed E-state index contributed by atoms with van der Waals surface area (Å²) in [6, 6.07) is 2.36. The van der Waals surface area contributed by atoms with Gasteiger partial charge in [-0.15, -0.1) is 0 Å². The highest BCUT2D eigenvalue weighted by molar-refractivity contribution is 7.98. The second-order valence-electron chi connectivity index (χ2n) is 4.10. The van der Waals surface area contributed by atoms with Crippen LogP contribution in [-0.2, 0) is 4.79 Å². The molecule has 1 aromatic carbocycles. The van der Waals surface area contributed by atoms with Crippen LogP contribution in [0.3, 0.4) is 0 Å². The molecule has 1 rings (SSSR count). The molecular weight excluding hydrogens is 320 g/mol. The van der Waals surface area contributed by atoms with E-state index in [2.05, 4.69) is 5.32 Å². The first-order chi connectivity index (χ1) is 9.85. The number of carbonyl (C=O) groups excluding carboxylic acids is 1. The van der Waals surface area contributed by atoms with Crippen LogP contribution in [0.2, 0.25) is 5.02 Å². The Balaban J connectivity index is 2.92. The topological polar surface area (TPSA) is 110 Å². The number of rotatable bonds is 7. The fraction of sp³-hybridized carbons (Fsp3) is 0.333. The lowest BCUT2D eigenvalue weighted by Gasteiger charge is -2.14. The van der Waals surface area contributed by atoms with Crippen molar-refractivity contribution in [2.45, 2.75) is 12.5 Å². The number of nitro benzene ring substituents is 1. The number of thioether (sulfide) groups is 1. The Kier molecular flexibility index (Phi) is 6.44. The smallest absolute Gasteiger partial charge is 0.326 e. The zero-order chi connectivity index (χ0) is 16.0.